The van der Waals surface area contributed by atoms with E-state index in [1.807, 2.05) is 29.7 Å². The zero-order valence-electron chi connectivity index (χ0n) is 23.2. The highest BCUT2D eigenvalue weighted by molar-refractivity contribution is 7.19. The number of piperazine rings is 2. The number of benzene rings is 1. The van der Waals surface area contributed by atoms with Crippen LogP contribution in [0.1, 0.15) is 24.1 Å². The number of carbonyl (C=O) groups is 1. The first-order valence-corrected chi connectivity index (χ1v) is 15.1. The average molecular weight is 563 g/mol. The molecule has 212 valence electrons. The fraction of sp³-hybridized carbons (Fsp3) is 0.517. The molecular weight excluding hydrogens is 524 g/mol. The van der Waals surface area contributed by atoms with Crippen molar-refractivity contribution >= 4 is 44.1 Å². The number of nitrogens with zero attached hydrogens (tertiary/aromatic N) is 7. The van der Waals surface area contributed by atoms with Gasteiger partial charge in [-0.2, -0.15) is 5.10 Å². The second kappa shape index (κ2) is 12.3. The van der Waals surface area contributed by atoms with Gasteiger partial charge in [0, 0.05) is 81.2 Å². The van der Waals surface area contributed by atoms with Gasteiger partial charge in [0.05, 0.1) is 21.9 Å². The number of carbonyl (C=O) groups excluding carboxylic acids is 1. The molecule has 0 radical (unpaired) electrons. The van der Waals surface area contributed by atoms with Crippen LogP contribution in [0.2, 0.25) is 0 Å². The maximum absolute atomic E-state index is 11.4. The van der Waals surface area contributed by atoms with Crippen molar-refractivity contribution in [2.75, 3.05) is 77.5 Å². The summed E-state index contributed by atoms with van der Waals surface area (Å²) in [5.41, 5.74) is 3.00. The number of ketones is 1. The van der Waals surface area contributed by atoms with E-state index in [9.17, 15) is 4.79 Å². The SMILES string of the molecule is CN1CCN(Cc2cc3nc(-c4cccc5[nH]ncc45)nc(N4CCN(CCCCC(=O)CO)CC4)c3s2)CC1. The molecule has 0 saturated carbocycles. The molecule has 0 spiro atoms. The number of H-pyrrole nitrogens is 1. The van der Waals surface area contributed by atoms with Crippen molar-refractivity contribution in [3.8, 4) is 11.4 Å². The third-order valence-corrected chi connectivity index (χ3v) is 9.24. The van der Waals surface area contributed by atoms with E-state index in [4.69, 9.17) is 15.1 Å². The molecule has 40 heavy (non-hydrogen) atoms. The van der Waals surface area contributed by atoms with Gasteiger partial charge in [-0.05, 0) is 38.6 Å². The zero-order valence-corrected chi connectivity index (χ0v) is 24.0. The predicted molar refractivity (Wildman–Crippen MR) is 160 cm³/mol. The number of nitrogens with one attached hydrogen (secondary N) is 1. The molecule has 10 nitrogen and oxygen atoms in total. The third-order valence-electron chi connectivity index (χ3n) is 8.13. The van der Waals surface area contributed by atoms with Crippen molar-refractivity contribution in [1.82, 2.24) is 34.9 Å². The number of fused-ring (bicyclic) bond motifs is 2. The molecule has 0 bridgehead atoms. The van der Waals surface area contributed by atoms with Crippen LogP contribution in [0.3, 0.4) is 0 Å². The number of aromatic amines is 1. The number of anilines is 1. The van der Waals surface area contributed by atoms with E-state index in [1.165, 1.54) is 9.58 Å². The van der Waals surface area contributed by atoms with Gasteiger partial charge in [0.1, 0.15) is 6.61 Å². The van der Waals surface area contributed by atoms with Gasteiger partial charge in [-0.25, -0.2) is 9.97 Å². The van der Waals surface area contributed by atoms with E-state index >= 15 is 0 Å². The molecule has 2 fully saturated rings. The largest absolute Gasteiger partial charge is 0.389 e. The van der Waals surface area contributed by atoms with Crippen LogP contribution in [0, 0.1) is 0 Å². The van der Waals surface area contributed by atoms with Crippen molar-refractivity contribution in [2.45, 2.75) is 25.8 Å². The molecule has 1 aromatic carbocycles. The summed E-state index contributed by atoms with van der Waals surface area (Å²) in [5.74, 6) is 1.71. The Morgan fingerprint density at radius 2 is 1.82 bits per heavy atom. The van der Waals surface area contributed by atoms with Gasteiger partial charge in [0.25, 0.3) is 0 Å². The number of thiophene rings is 1. The van der Waals surface area contributed by atoms with Crippen LogP contribution in [0.4, 0.5) is 5.82 Å². The van der Waals surface area contributed by atoms with Crippen molar-refractivity contribution in [3.63, 3.8) is 0 Å². The van der Waals surface area contributed by atoms with Crippen LogP contribution in [0.5, 0.6) is 0 Å². The molecule has 0 aliphatic carbocycles. The summed E-state index contributed by atoms with van der Waals surface area (Å²) in [4.78, 5) is 32.9. The maximum atomic E-state index is 11.4. The summed E-state index contributed by atoms with van der Waals surface area (Å²) in [6.07, 6.45) is 4.14. The van der Waals surface area contributed by atoms with Crippen molar-refractivity contribution in [2.24, 2.45) is 0 Å². The first-order chi connectivity index (χ1) is 19.6. The molecule has 5 heterocycles. The Kier molecular flexibility index (Phi) is 8.35. The highest BCUT2D eigenvalue weighted by Crippen LogP contribution is 2.36. The number of hydrogen-bond donors (Lipinski definition) is 2. The molecule has 0 amide bonds. The minimum Gasteiger partial charge on any atom is -0.389 e. The van der Waals surface area contributed by atoms with Crippen LogP contribution in [-0.4, -0.2) is 118 Å². The lowest BCUT2D eigenvalue weighted by molar-refractivity contribution is -0.121. The Labute approximate surface area is 238 Å². The molecule has 4 aromatic rings. The highest BCUT2D eigenvalue weighted by atomic mass is 32.1. The Morgan fingerprint density at radius 3 is 2.62 bits per heavy atom. The lowest BCUT2D eigenvalue weighted by Crippen LogP contribution is -2.47. The van der Waals surface area contributed by atoms with E-state index in [1.54, 1.807) is 0 Å². The molecule has 2 aliphatic heterocycles. The number of hydrogen-bond acceptors (Lipinski definition) is 10. The van der Waals surface area contributed by atoms with Gasteiger partial charge in [0.2, 0.25) is 0 Å². The van der Waals surface area contributed by atoms with E-state index < -0.39 is 0 Å². The Morgan fingerprint density at radius 1 is 1.02 bits per heavy atom. The second-order valence-electron chi connectivity index (χ2n) is 11.0. The van der Waals surface area contributed by atoms with Crippen LogP contribution in [0.15, 0.2) is 30.5 Å². The summed E-state index contributed by atoms with van der Waals surface area (Å²) < 4.78 is 1.17. The van der Waals surface area contributed by atoms with E-state index in [0.717, 1.165) is 112 Å². The van der Waals surface area contributed by atoms with E-state index in [0.29, 0.717) is 6.42 Å². The summed E-state index contributed by atoms with van der Waals surface area (Å²) in [6, 6.07) is 8.41. The van der Waals surface area contributed by atoms with Gasteiger partial charge >= 0.3 is 0 Å². The lowest BCUT2D eigenvalue weighted by Gasteiger charge is -2.35. The second-order valence-corrected chi connectivity index (χ2v) is 12.1. The Balaban J connectivity index is 1.24. The molecule has 3 aromatic heterocycles. The van der Waals surface area contributed by atoms with Crippen molar-refractivity contribution < 1.29 is 9.90 Å². The van der Waals surface area contributed by atoms with E-state index in [-0.39, 0.29) is 12.4 Å². The molecule has 0 atom stereocenters. The summed E-state index contributed by atoms with van der Waals surface area (Å²) in [5, 5.41) is 17.3. The molecule has 2 aliphatic rings. The zero-order chi connectivity index (χ0) is 27.5. The van der Waals surface area contributed by atoms with Gasteiger partial charge in [-0.15, -0.1) is 11.3 Å². The number of aliphatic hydroxyl groups excluding tert-OH is 1. The van der Waals surface area contributed by atoms with Gasteiger partial charge in [-0.3, -0.25) is 19.7 Å². The minimum atomic E-state index is -0.344. The number of unbranched alkanes of at least 4 members (excludes halogenated alkanes) is 1. The third kappa shape index (κ3) is 6.03. The van der Waals surface area contributed by atoms with Crippen LogP contribution in [0.25, 0.3) is 32.5 Å². The van der Waals surface area contributed by atoms with Crippen LogP contribution < -0.4 is 4.90 Å². The monoisotopic (exact) mass is 562 g/mol. The smallest absolute Gasteiger partial charge is 0.162 e. The molecular formula is C29H38N8O2S. The predicted octanol–water partition coefficient (Wildman–Crippen LogP) is 2.84. The van der Waals surface area contributed by atoms with Gasteiger partial charge in [0.15, 0.2) is 17.4 Å². The summed E-state index contributed by atoms with van der Waals surface area (Å²) in [6.45, 7) is 9.72. The maximum Gasteiger partial charge on any atom is 0.162 e. The standard InChI is InChI=1S/C29H38N8O2S/c1-34-9-11-36(12-10-34)19-22-17-26-27(40-22)29(32-28(31-26)23-6-4-7-25-24(23)18-30-33-25)37-15-13-35(14-16-37)8-3-2-5-21(39)20-38/h4,6-7,17-18,38H,2-3,5,8-16,19-20H2,1H3,(H,30,33). The highest BCUT2D eigenvalue weighted by Gasteiger charge is 2.24. The number of aliphatic hydroxyl groups is 1. The molecule has 11 heteroatoms. The van der Waals surface area contributed by atoms with Crippen molar-refractivity contribution in [1.29, 1.82) is 0 Å². The summed E-state index contributed by atoms with van der Waals surface area (Å²) >= 11 is 1.84. The number of rotatable bonds is 10. The Bertz CT molecular complexity index is 1450. The summed E-state index contributed by atoms with van der Waals surface area (Å²) in [7, 11) is 2.19. The number of Topliss-reactive ketones (excluding diaryl/α,β-unsaturated/α-hetero) is 1. The van der Waals surface area contributed by atoms with Gasteiger partial charge < -0.3 is 14.9 Å². The minimum absolute atomic E-state index is 0.0672. The first-order valence-electron chi connectivity index (χ1n) is 14.3. The normalized spacial score (nSPS) is 17.8. The van der Waals surface area contributed by atoms with Crippen molar-refractivity contribution in [3.05, 3.63) is 35.3 Å². The van der Waals surface area contributed by atoms with Crippen LogP contribution in [-0.2, 0) is 11.3 Å². The average Bonchev–Trinajstić information content (AvgIpc) is 3.63. The van der Waals surface area contributed by atoms with Gasteiger partial charge in [-0.1, -0.05) is 12.1 Å². The van der Waals surface area contributed by atoms with Crippen LogP contribution >= 0.6 is 11.3 Å². The quantitative estimate of drug-likeness (QED) is 0.282. The molecule has 2 N–H and O–H groups in total. The fourth-order valence-corrected chi connectivity index (χ4v) is 6.84. The lowest BCUT2D eigenvalue weighted by atomic mass is 10.1. The molecule has 2 saturated heterocycles. The fourth-order valence-electron chi connectivity index (χ4n) is 5.69. The molecule has 0 unspecified atom stereocenters. The first kappa shape index (κ1) is 27.2. The Hall–Kier alpha value is -2.96. The number of aromatic nitrogens is 4. The number of likely N-dealkylation sites (N-methyl/N-ethyl adjacent to an activating group) is 1. The molecule has 6 rings (SSSR count). The topological polar surface area (TPSA) is 105 Å². The van der Waals surface area contributed by atoms with E-state index in [2.05, 4.69) is 49.0 Å².